The highest BCUT2D eigenvalue weighted by Gasteiger charge is 2.28. The maximum Gasteiger partial charge on any atom is 0.131 e. The summed E-state index contributed by atoms with van der Waals surface area (Å²) in [6.45, 7) is 3.00. The standard InChI is InChI=1S/C19H20N4/c1-2-4-17-16(3-1)15(10-20-17)11-23-8-7-14-9-21-19(13-5-6-13)22-18(14)12-23/h1-4,9-10,13,20H,5-8,11-12H2. The van der Waals surface area contributed by atoms with E-state index in [1.54, 1.807) is 0 Å². The molecule has 0 radical (unpaired) electrons. The Bertz CT molecular complexity index is 863. The Morgan fingerprint density at radius 1 is 1.22 bits per heavy atom. The summed E-state index contributed by atoms with van der Waals surface area (Å²) >= 11 is 0. The number of hydrogen-bond donors (Lipinski definition) is 1. The van der Waals surface area contributed by atoms with Crippen LogP contribution >= 0.6 is 0 Å². The van der Waals surface area contributed by atoms with Gasteiger partial charge in [-0.2, -0.15) is 0 Å². The second kappa shape index (κ2) is 5.17. The number of aromatic nitrogens is 3. The number of nitrogens with zero attached hydrogens (tertiary/aromatic N) is 3. The summed E-state index contributed by atoms with van der Waals surface area (Å²) < 4.78 is 0. The molecule has 1 saturated carbocycles. The van der Waals surface area contributed by atoms with Crippen LogP contribution in [-0.4, -0.2) is 26.4 Å². The number of rotatable bonds is 3. The highest BCUT2D eigenvalue weighted by molar-refractivity contribution is 5.82. The van der Waals surface area contributed by atoms with E-state index in [1.807, 2.05) is 0 Å². The van der Waals surface area contributed by atoms with Gasteiger partial charge in [0.2, 0.25) is 0 Å². The fourth-order valence-corrected chi connectivity index (χ4v) is 3.55. The number of benzene rings is 1. The minimum Gasteiger partial charge on any atom is -0.361 e. The van der Waals surface area contributed by atoms with E-state index in [0.29, 0.717) is 5.92 Å². The molecule has 3 aromatic rings. The van der Waals surface area contributed by atoms with Gasteiger partial charge in [-0.25, -0.2) is 9.97 Å². The third-order valence-corrected chi connectivity index (χ3v) is 5.05. The van der Waals surface area contributed by atoms with Crippen LogP contribution in [0.1, 0.15) is 41.4 Å². The van der Waals surface area contributed by atoms with E-state index in [0.717, 1.165) is 31.9 Å². The minimum atomic E-state index is 0.629. The van der Waals surface area contributed by atoms with Gasteiger partial charge in [-0.1, -0.05) is 18.2 Å². The van der Waals surface area contributed by atoms with Crippen LogP contribution in [0.4, 0.5) is 0 Å². The average Bonchev–Trinajstić information content (AvgIpc) is 3.37. The quantitative estimate of drug-likeness (QED) is 0.806. The van der Waals surface area contributed by atoms with Crippen molar-refractivity contribution >= 4 is 10.9 Å². The Morgan fingerprint density at radius 3 is 3.04 bits per heavy atom. The first-order valence-electron chi connectivity index (χ1n) is 8.49. The predicted octanol–water partition coefficient (Wildman–Crippen LogP) is 3.39. The van der Waals surface area contributed by atoms with Crippen LogP contribution in [0.5, 0.6) is 0 Å². The molecule has 2 aliphatic rings. The van der Waals surface area contributed by atoms with Crippen LogP contribution < -0.4 is 0 Å². The van der Waals surface area contributed by atoms with E-state index < -0.39 is 0 Å². The van der Waals surface area contributed by atoms with Gasteiger partial charge in [-0.05, 0) is 36.5 Å². The summed E-state index contributed by atoms with van der Waals surface area (Å²) in [5, 5.41) is 1.33. The summed E-state index contributed by atoms with van der Waals surface area (Å²) in [4.78, 5) is 15.3. The first-order valence-corrected chi connectivity index (χ1v) is 8.49. The van der Waals surface area contributed by atoms with Gasteiger partial charge in [0.15, 0.2) is 0 Å². The van der Waals surface area contributed by atoms with Crippen molar-refractivity contribution in [1.82, 2.24) is 19.9 Å². The number of aromatic amines is 1. The van der Waals surface area contributed by atoms with Crippen LogP contribution in [0.25, 0.3) is 10.9 Å². The number of nitrogens with one attached hydrogen (secondary N) is 1. The lowest BCUT2D eigenvalue weighted by molar-refractivity contribution is 0.241. The third-order valence-electron chi connectivity index (χ3n) is 5.05. The molecule has 116 valence electrons. The van der Waals surface area contributed by atoms with Crippen molar-refractivity contribution in [3.8, 4) is 0 Å². The van der Waals surface area contributed by atoms with Gasteiger partial charge in [0.25, 0.3) is 0 Å². The highest BCUT2D eigenvalue weighted by atomic mass is 15.1. The van der Waals surface area contributed by atoms with Crippen LogP contribution in [0.2, 0.25) is 0 Å². The molecule has 0 unspecified atom stereocenters. The third kappa shape index (κ3) is 2.43. The molecule has 1 aliphatic heterocycles. The molecule has 1 aliphatic carbocycles. The first-order chi connectivity index (χ1) is 11.4. The molecule has 4 nitrogen and oxygen atoms in total. The second-order valence-corrected chi connectivity index (χ2v) is 6.79. The van der Waals surface area contributed by atoms with Crippen molar-refractivity contribution in [1.29, 1.82) is 0 Å². The SMILES string of the molecule is c1ccc2c(CN3CCc4cnc(C5CC5)nc4C3)c[nH]c2c1. The fourth-order valence-electron chi connectivity index (χ4n) is 3.55. The van der Waals surface area contributed by atoms with E-state index in [-0.39, 0.29) is 0 Å². The van der Waals surface area contributed by atoms with Crippen molar-refractivity contribution < 1.29 is 0 Å². The Kier molecular flexibility index (Phi) is 2.98. The number of hydrogen-bond acceptors (Lipinski definition) is 3. The largest absolute Gasteiger partial charge is 0.361 e. The van der Waals surface area contributed by atoms with Gasteiger partial charge in [0.05, 0.1) is 5.69 Å². The maximum absolute atomic E-state index is 4.86. The number of H-pyrrole nitrogens is 1. The molecule has 0 saturated heterocycles. The highest BCUT2D eigenvalue weighted by Crippen LogP contribution is 2.38. The lowest BCUT2D eigenvalue weighted by Crippen LogP contribution is -2.31. The van der Waals surface area contributed by atoms with Gasteiger partial charge in [0, 0.05) is 48.8 Å². The summed E-state index contributed by atoms with van der Waals surface area (Å²) in [5.41, 5.74) is 5.18. The molecule has 1 fully saturated rings. The monoisotopic (exact) mass is 304 g/mol. The Morgan fingerprint density at radius 2 is 2.13 bits per heavy atom. The van der Waals surface area contributed by atoms with E-state index >= 15 is 0 Å². The lowest BCUT2D eigenvalue weighted by Gasteiger charge is -2.27. The van der Waals surface area contributed by atoms with Crippen molar-refractivity contribution in [3.63, 3.8) is 0 Å². The number of fused-ring (bicyclic) bond motifs is 2. The summed E-state index contributed by atoms with van der Waals surface area (Å²) in [7, 11) is 0. The van der Waals surface area contributed by atoms with Crippen molar-refractivity contribution in [3.05, 3.63) is 59.3 Å². The summed E-state index contributed by atoms with van der Waals surface area (Å²) in [5.74, 6) is 1.70. The topological polar surface area (TPSA) is 44.8 Å². The maximum atomic E-state index is 4.86. The van der Waals surface area contributed by atoms with Gasteiger partial charge in [0.1, 0.15) is 5.82 Å². The average molecular weight is 304 g/mol. The van der Waals surface area contributed by atoms with Crippen molar-refractivity contribution in [2.45, 2.75) is 38.3 Å². The van der Waals surface area contributed by atoms with Crippen LogP contribution in [0.15, 0.2) is 36.7 Å². The molecule has 1 aromatic carbocycles. The molecular weight excluding hydrogens is 284 g/mol. The lowest BCUT2D eigenvalue weighted by atomic mass is 10.1. The molecule has 0 atom stereocenters. The van der Waals surface area contributed by atoms with Crippen LogP contribution in [0, 0.1) is 0 Å². The van der Waals surface area contributed by atoms with Crippen molar-refractivity contribution in [2.75, 3.05) is 6.54 Å². The van der Waals surface area contributed by atoms with Crippen LogP contribution in [-0.2, 0) is 19.5 Å². The minimum absolute atomic E-state index is 0.629. The van der Waals surface area contributed by atoms with E-state index in [9.17, 15) is 0 Å². The van der Waals surface area contributed by atoms with Gasteiger partial charge >= 0.3 is 0 Å². The molecule has 23 heavy (non-hydrogen) atoms. The predicted molar refractivity (Wildman–Crippen MR) is 90.1 cm³/mol. The molecule has 1 N–H and O–H groups in total. The van der Waals surface area contributed by atoms with E-state index in [1.165, 1.54) is 40.6 Å². The molecule has 5 rings (SSSR count). The molecule has 0 spiro atoms. The summed E-state index contributed by atoms with van der Waals surface area (Å²) in [6, 6.07) is 8.53. The zero-order valence-electron chi connectivity index (χ0n) is 13.1. The van der Waals surface area contributed by atoms with E-state index in [4.69, 9.17) is 4.98 Å². The van der Waals surface area contributed by atoms with Gasteiger partial charge < -0.3 is 4.98 Å². The second-order valence-electron chi connectivity index (χ2n) is 6.79. The smallest absolute Gasteiger partial charge is 0.131 e. The Hall–Kier alpha value is -2.20. The first kappa shape index (κ1) is 13.3. The van der Waals surface area contributed by atoms with Gasteiger partial charge in [-0.3, -0.25) is 4.90 Å². The zero-order chi connectivity index (χ0) is 15.2. The molecular formula is C19H20N4. The Labute approximate surface area is 135 Å². The molecule has 4 heteroatoms. The van der Waals surface area contributed by atoms with Gasteiger partial charge in [-0.15, -0.1) is 0 Å². The molecule has 3 heterocycles. The zero-order valence-corrected chi connectivity index (χ0v) is 13.1. The number of para-hydroxylation sites is 1. The summed E-state index contributed by atoms with van der Waals surface area (Å²) in [6.07, 6.45) is 7.80. The molecule has 0 amide bonds. The normalized spacial score (nSPS) is 18.3. The fraction of sp³-hybridized carbons (Fsp3) is 0.368. The van der Waals surface area contributed by atoms with Crippen molar-refractivity contribution in [2.24, 2.45) is 0 Å². The van der Waals surface area contributed by atoms with E-state index in [2.05, 4.69) is 51.5 Å². The molecule has 0 bridgehead atoms. The van der Waals surface area contributed by atoms with Crippen LogP contribution in [0.3, 0.4) is 0 Å². The molecule has 2 aromatic heterocycles. The Balaban J connectivity index is 1.39.